The van der Waals surface area contributed by atoms with Crippen molar-refractivity contribution in [1.29, 1.82) is 0 Å². The lowest BCUT2D eigenvalue weighted by Gasteiger charge is -2.29. The molecule has 7 N–H and O–H groups in total. The summed E-state index contributed by atoms with van der Waals surface area (Å²) in [7, 11) is 0. The SMILES string of the molecule is Cc1nc2c(ncn2[C@@H]2O[C@@H]3COP(O)(=S)O[C@@H]4C(O)[C@H](n5cnc6c(=O)[nH]c(N)nc65)O[C@@H]4COP(=O)(S)O[C@@H]3C2O)c(=O)[nH]1. The average Bonchev–Trinajstić information content (AvgIpc) is 3.72. The number of nitrogens with one attached hydrogen (secondary N) is 2. The number of anilines is 1. The Morgan fingerprint density at radius 3 is 2.07 bits per heavy atom. The van der Waals surface area contributed by atoms with E-state index in [4.69, 9.17) is 45.1 Å². The van der Waals surface area contributed by atoms with Gasteiger partial charge in [0.2, 0.25) is 5.95 Å². The van der Waals surface area contributed by atoms with E-state index in [1.165, 1.54) is 21.8 Å². The number of aryl methyl sites for hydroxylation is 1. The minimum Gasteiger partial charge on any atom is -0.386 e. The summed E-state index contributed by atoms with van der Waals surface area (Å²) >= 11 is 9.28. The van der Waals surface area contributed by atoms with Crippen molar-refractivity contribution >= 4 is 65.8 Å². The van der Waals surface area contributed by atoms with Gasteiger partial charge in [0, 0.05) is 0 Å². The Morgan fingerprint density at radius 1 is 0.935 bits per heavy atom. The number of fused-ring (bicyclic) bond motifs is 4. The maximum atomic E-state index is 13.4. The second-order valence-electron chi connectivity index (χ2n) is 10.5. The molecule has 0 radical (unpaired) electrons. The van der Waals surface area contributed by atoms with Crippen LogP contribution in [0.25, 0.3) is 22.3 Å². The minimum atomic E-state index is -4.33. The summed E-state index contributed by atoms with van der Waals surface area (Å²) in [5.74, 6) is 0.0559. The molecule has 7 heterocycles. The van der Waals surface area contributed by atoms with Crippen LogP contribution < -0.4 is 16.9 Å². The van der Waals surface area contributed by atoms with Crippen LogP contribution in [0.4, 0.5) is 5.95 Å². The van der Waals surface area contributed by atoms with Crippen molar-refractivity contribution in [2.24, 2.45) is 0 Å². The van der Waals surface area contributed by atoms with Gasteiger partial charge in [0.1, 0.15) is 42.4 Å². The molecule has 3 aliphatic rings. The number of hydrogen-bond acceptors (Lipinski definition) is 17. The molecule has 4 aromatic rings. The quantitative estimate of drug-likeness (QED) is 0.0938. The summed E-state index contributed by atoms with van der Waals surface area (Å²) in [5.41, 5.74) is 4.47. The predicted molar refractivity (Wildman–Crippen MR) is 160 cm³/mol. The zero-order valence-corrected chi connectivity index (χ0v) is 26.7. The Balaban J connectivity index is 1.18. The fraction of sp³-hybridized carbons (Fsp3) is 0.524. The normalized spacial score (nSPS) is 37.2. The van der Waals surface area contributed by atoms with E-state index in [0.717, 1.165) is 0 Å². The van der Waals surface area contributed by atoms with Crippen LogP contribution >= 0.6 is 25.8 Å². The van der Waals surface area contributed by atoms with E-state index in [-0.39, 0.29) is 34.1 Å². The number of hydrogen-bond donors (Lipinski definition) is 7. The second-order valence-corrected chi connectivity index (χ2v) is 16.2. The topological polar surface area (TPSA) is 286 Å². The fourth-order valence-corrected chi connectivity index (χ4v) is 8.42. The van der Waals surface area contributed by atoms with Gasteiger partial charge in [0.25, 0.3) is 11.1 Å². The molecule has 4 aromatic heterocycles. The summed E-state index contributed by atoms with van der Waals surface area (Å²) in [4.78, 5) is 56.8. The number of thiol groups is 1. The molecule has 7 rings (SSSR count). The average molecular weight is 722 g/mol. The highest BCUT2D eigenvalue weighted by molar-refractivity contribution is 8.44. The second kappa shape index (κ2) is 11.5. The van der Waals surface area contributed by atoms with Gasteiger partial charge in [-0.1, -0.05) is 12.2 Å². The lowest BCUT2D eigenvalue weighted by molar-refractivity contribution is -0.0577. The van der Waals surface area contributed by atoms with Crippen LogP contribution in [0.15, 0.2) is 22.2 Å². The van der Waals surface area contributed by atoms with Crippen LogP contribution in [-0.4, -0.2) is 104 Å². The van der Waals surface area contributed by atoms with Gasteiger partial charge >= 0.3 is 13.5 Å². The highest BCUT2D eigenvalue weighted by atomic mass is 32.7. The Labute approximate surface area is 265 Å². The van der Waals surface area contributed by atoms with Crippen LogP contribution in [0, 0.1) is 6.92 Å². The van der Waals surface area contributed by atoms with Gasteiger partial charge in [-0.05, 0) is 18.7 Å². The summed E-state index contributed by atoms with van der Waals surface area (Å²) in [5, 5.41) is 22.5. The number of nitrogens with zero attached hydrogens (tertiary/aromatic N) is 6. The molecule has 3 saturated heterocycles. The molecule has 0 bridgehead atoms. The lowest BCUT2D eigenvalue weighted by Crippen LogP contribution is -2.38. The Kier molecular flexibility index (Phi) is 7.99. The third kappa shape index (κ3) is 5.64. The summed E-state index contributed by atoms with van der Waals surface area (Å²) in [6, 6.07) is 0. The molecule has 0 spiro atoms. The van der Waals surface area contributed by atoms with E-state index in [1.54, 1.807) is 6.92 Å². The van der Waals surface area contributed by atoms with Crippen LogP contribution in [-0.2, 0) is 43.9 Å². The molecule has 21 nitrogen and oxygen atoms in total. The number of nitrogens with two attached hydrogens (primary N) is 1. The Morgan fingerprint density at radius 2 is 1.46 bits per heavy atom. The fourth-order valence-electron chi connectivity index (χ4n) is 5.48. The van der Waals surface area contributed by atoms with Gasteiger partial charge in [-0.25, -0.2) is 19.5 Å². The number of aromatic nitrogens is 8. The largest absolute Gasteiger partial charge is 0.386 e. The summed E-state index contributed by atoms with van der Waals surface area (Å²) in [6.07, 6.45) is -8.75. The zero-order valence-electron chi connectivity index (χ0n) is 23.2. The third-order valence-corrected chi connectivity index (χ3v) is 10.7. The molecule has 4 unspecified atom stereocenters. The first-order valence-corrected chi connectivity index (χ1v) is 18.6. The molecule has 3 aliphatic heterocycles. The summed E-state index contributed by atoms with van der Waals surface area (Å²) in [6.45, 7) is -8.13. The molecule has 0 aromatic carbocycles. The number of ether oxygens (including phenoxy) is 2. The van der Waals surface area contributed by atoms with E-state index in [0.29, 0.717) is 0 Å². The van der Waals surface area contributed by atoms with Crippen LogP contribution in [0.3, 0.4) is 0 Å². The molecule has 0 aliphatic carbocycles. The van der Waals surface area contributed by atoms with Gasteiger partial charge in [-0.2, -0.15) is 4.98 Å². The van der Waals surface area contributed by atoms with E-state index in [2.05, 4.69) is 42.2 Å². The van der Waals surface area contributed by atoms with Gasteiger partial charge in [0.05, 0.1) is 25.9 Å². The zero-order chi connectivity index (χ0) is 32.7. The highest BCUT2D eigenvalue weighted by Gasteiger charge is 2.53. The molecule has 10 atom stereocenters. The molecular weight excluding hydrogens is 696 g/mol. The van der Waals surface area contributed by atoms with Gasteiger partial charge in [0.15, 0.2) is 34.8 Å². The standard InChI is InChI=1S/C21H25N9O12P2S2/c1-6-25-15-9(17(33)26-6)23-4-29(15)19-11(31)13-7(39-19)2-37-44(36,46)42-14-8(3-38-43(35,45)41-13)40-20(12(14)32)30-5-24-10-16(30)27-21(22)28-18(10)34/h4-5,7-8,11-14,19-20,31-32H,2-3H2,1H3,(H,35,45)(H,36,46)(H,25,26,33)(H3,22,27,28,34)/t7-,8-,11?,12?,13+,14+,19-,20-,43?,44?/m1/s1. The van der Waals surface area contributed by atoms with Crippen molar-refractivity contribution in [3.05, 3.63) is 39.2 Å². The van der Waals surface area contributed by atoms with Crippen molar-refractivity contribution in [3.63, 3.8) is 0 Å². The molecular formula is C21H25N9O12P2S2. The first kappa shape index (κ1) is 31.9. The Hall–Kier alpha value is -2.63. The third-order valence-electron chi connectivity index (χ3n) is 7.48. The molecule has 46 heavy (non-hydrogen) atoms. The van der Waals surface area contributed by atoms with Crippen molar-refractivity contribution in [2.75, 3.05) is 18.9 Å². The summed E-state index contributed by atoms with van der Waals surface area (Å²) < 4.78 is 50.2. The molecule has 3 fully saturated rings. The number of H-pyrrole nitrogens is 2. The molecule has 0 saturated carbocycles. The van der Waals surface area contributed by atoms with E-state index in [9.17, 15) is 29.3 Å². The number of aromatic amines is 2. The predicted octanol–water partition coefficient (Wildman–Crippen LogP) is -1.27. The van der Waals surface area contributed by atoms with E-state index >= 15 is 0 Å². The van der Waals surface area contributed by atoms with Crippen LogP contribution in [0.1, 0.15) is 18.3 Å². The monoisotopic (exact) mass is 721 g/mol. The van der Waals surface area contributed by atoms with Crippen molar-refractivity contribution < 1.29 is 47.2 Å². The molecule has 0 amide bonds. The number of imidazole rings is 2. The maximum absolute atomic E-state index is 13.4. The van der Waals surface area contributed by atoms with Crippen molar-refractivity contribution in [1.82, 2.24) is 39.0 Å². The van der Waals surface area contributed by atoms with E-state index in [1.807, 2.05) is 0 Å². The number of aliphatic hydroxyl groups excluding tert-OH is 2. The number of rotatable bonds is 2. The van der Waals surface area contributed by atoms with Crippen molar-refractivity contribution in [3.8, 4) is 0 Å². The number of nitrogen functional groups attached to an aromatic ring is 1. The van der Waals surface area contributed by atoms with Gasteiger partial charge < -0.3 is 39.8 Å². The van der Waals surface area contributed by atoms with Crippen molar-refractivity contribution in [2.45, 2.75) is 56.0 Å². The van der Waals surface area contributed by atoms with E-state index < -0.39 is 86.9 Å². The first-order valence-electron chi connectivity index (χ1n) is 13.4. The number of aliphatic hydroxyl groups is 2. The molecule has 25 heteroatoms. The first-order chi connectivity index (χ1) is 21.7. The Bertz CT molecular complexity index is 1910. The van der Waals surface area contributed by atoms with Crippen LogP contribution in [0.5, 0.6) is 0 Å². The molecule has 248 valence electrons. The van der Waals surface area contributed by atoms with Gasteiger partial charge in [-0.15, -0.1) is 0 Å². The maximum Gasteiger partial charge on any atom is 0.386 e. The smallest absolute Gasteiger partial charge is 0.386 e. The van der Waals surface area contributed by atoms with Crippen LogP contribution in [0.2, 0.25) is 0 Å². The lowest BCUT2D eigenvalue weighted by atomic mass is 10.1. The van der Waals surface area contributed by atoms with Gasteiger partial charge in [-0.3, -0.25) is 37.3 Å². The minimum absolute atomic E-state index is 0.0231. The highest BCUT2D eigenvalue weighted by Crippen LogP contribution is 2.58.